The second-order valence-electron chi connectivity index (χ2n) is 6.03. The molecule has 25 heavy (non-hydrogen) atoms. The van der Waals surface area contributed by atoms with Crippen LogP contribution in [0.4, 0.5) is 8.78 Å². The van der Waals surface area contributed by atoms with Gasteiger partial charge in [0.05, 0.1) is 0 Å². The molecule has 4 rings (SSSR count). The summed E-state index contributed by atoms with van der Waals surface area (Å²) in [4.78, 5) is 12.9. The molecule has 1 atom stereocenters. The number of benzene rings is 3. The smallest absolute Gasteiger partial charge is 0.190 e. The lowest BCUT2D eigenvalue weighted by Crippen LogP contribution is -2.03. The number of allylic oxidation sites excluding steroid dienone is 1. The average Bonchev–Trinajstić information content (AvgIpc) is 2.91. The topological polar surface area (TPSA) is 17.1 Å². The molecule has 0 fully saturated rings. The van der Waals surface area contributed by atoms with Gasteiger partial charge in [-0.15, -0.1) is 0 Å². The zero-order chi connectivity index (χ0) is 17.4. The minimum Gasteiger partial charge on any atom is -0.289 e. The Labute approximate surface area is 144 Å². The van der Waals surface area contributed by atoms with Gasteiger partial charge in [-0.1, -0.05) is 54.6 Å². The van der Waals surface area contributed by atoms with Gasteiger partial charge in [0.1, 0.15) is 11.6 Å². The Kier molecular flexibility index (Phi) is 3.77. The Morgan fingerprint density at radius 3 is 2.36 bits per heavy atom. The van der Waals surface area contributed by atoms with Gasteiger partial charge in [-0.05, 0) is 35.4 Å². The summed E-state index contributed by atoms with van der Waals surface area (Å²) in [5.74, 6) is -1.52. The summed E-state index contributed by atoms with van der Waals surface area (Å²) in [5, 5.41) is 0. The van der Waals surface area contributed by atoms with Gasteiger partial charge >= 0.3 is 0 Å². The van der Waals surface area contributed by atoms with Crippen molar-refractivity contribution in [3.8, 4) is 0 Å². The van der Waals surface area contributed by atoms with E-state index in [1.54, 1.807) is 6.07 Å². The maximum atomic E-state index is 14.1. The normalized spacial score (nSPS) is 17.8. The van der Waals surface area contributed by atoms with Crippen LogP contribution in [0.25, 0.3) is 6.08 Å². The van der Waals surface area contributed by atoms with Crippen molar-refractivity contribution < 1.29 is 13.6 Å². The molecule has 0 spiro atoms. The van der Waals surface area contributed by atoms with Crippen LogP contribution >= 0.6 is 0 Å². The number of halogens is 2. The first-order valence-corrected chi connectivity index (χ1v) is 8.00. The van der Waals surface area contributed by atoms with Gasteiger partial charge in [-0.25, -0.2) is 8.78 Å². The van der Waals surface area contributed by atoms with Gasteiger partial charge in [0.2, 0.25) is 0 Å². The highest BCUT2D eigenvalue weighted by Gasteiger charge is 2.35. The molecule has 122 valence electrons. The van der Waals surface area contributed by atoms with Gasteiger partial charge in [0.15, 0.2) is 5.78 Å². The minimum atomic E-state index is -0.551. The van der Waals surface area contributed by atoms with Crippen molar-refractivity contribution in [1.82, 2.24) is 0 Å². The molecule has 0 saturated carbocycles. The second-order valence-corrected chi connectivity index (χ2v) is 6.03. The fraction of sp³-hybridized carbons (Fsp3) is 0.0455. The lowest BCUT2D eigenvalue weighted by Gasteiger charge is -2.14. The van der Waals surface area contributed by atoms with Crippen molar-refractivity contribution in [1.29, 1.82) is 0 Å². The lowest BCUT2D eigenvalue weighted by molar-refractivity contribution is 0.103. The number of hydrogen-bond donors (Lipinski definition) is 0. The number of hydrogen-bond acceptors (Lipinski definition) is 1. The first kappa shape index (κ1) is 15.5. The summed E-state index contributed by atoms with van der Waals surface area (Å²) in [6, 6.07) is 20.2. The second kappa shape index (κ2) is 6.10. The summed E-state index contributed by atoms with van der Waals surface area (Å²) in [5.41, 5.74) is 2.99. The fourth-order valence-electron chi connectivity index (χ4n) is 3.36. The van der Waals surface area contributed by atoms with Crippen LogP contribution in [-0.4, -0.2) is 5.78 Å². The number of Topliss-reactive ketones (excluding diaryl/α,β-unsaturated/α-hetero) is 1. The number of carbonyl (C=O) groups excluding carboxylic acids is 1. The number of carbonyl (C=O) groups is 1. The third-order valence-corrected chi connectivity index (χ3v) is 4.49. The molecule has 0 bridgehead atoms. The Morgan fingerprint density at radius 1 is 0.840 bits per heavy atom. The fourth-order valence-corrected chi connectivity index (χ4v) is 3.36. The molecule has 0 aromatic heterocycles. The summed E-state index contributed by atoms with van der Waals surface area (Å²) >= 11 is 0. The molecule has 1 nitrogen and oxygen atoms in total. The highest BCUT2D eigenvalue weighted by molar-refractivity contribution is 6.17. The summed E-state index contributed by atoms with van der Waals surface area (Å²) < 4.78 is 27.6. The Hall–Kier alpha value is -3.07. The van der Waals surface area contributed by atoms with Crippen LogP contribution < -0.4 is 0 Å². The third kappa shape index (κ3) is 2.68. The first-order valence-electron chi connectivity index (χ1n) is 8.00. The average molecular weight is 332 g/mol. The number of rotatable bonds is 2. The summed E-state index contributed by atoms with van der Waals surface area (Å²) in [7, 11) is 0. The maximum Gasteiger partial charge on any atom is 0.190 e. The van der Waals surface area contributed by atoms with E-state index < -0.39 is 11.6 Å². The minimum absolute atomic E-state index is 0.0806. The van der Waals surface area contributed by atoms with E-state index in [1.165, 1.54) is 6.08 Å². The van der Waals surface area contributed by atoms with Gasteiger partial charge in [0, 0.05) is 22.6 Å². The van der Waals surface area contributed by atoms with Gasteiger partial charge in [0.25, 0.3) is 0 Å². The van der Waals surface area contributed by atoms with E-state index >= 15 is 0 Å². The summed E-state index contributed by atoms with van der Waals surface area (Å²) in [6.45, 7) is 0. The van der Waals surface area contributed by atoms with E-state index in [1.807, 2.05) is 48.5 Å². The first-order chi connectivity index (χ1) is 12.1. The zero-order valence-corrected chi connectivity index (χ0v) is 13.2. The van der Waals surface area contributed by atoms with Gasteiger partial charge < -0.3 is 0 Å². The predicted molar refractivity (Wildman–Crippen MR) is 93.4 cm³/mol. The van der Waals surface area contributed by atoms with E-state index in [-0.39, 0.29) is 17.3 Å². The van der Waals surface area contributed by atoms with Gasteiger partial charge in [-0.3, -0.25) is 4.79 Å². The molecule has 0 aliphatic heterocycles. The van der Waals surface area contributed by atoms with Crippen LogP contribution in [0.5, 0.6) is 0 Å². The van der Waals surface area contributed by atoms with Crippen LogP contribution in [-0.2, 0) is 0 Å². The molecule has 3 aromatic rings. The number of fused-ring (bicyclic) bond motifs is 1. The maximum absolute atomic E-state index is 14.1. The van der Waals surface area contributed by atoms with Crippen LogP contribution in [0.3, 0.4) is 0 Å². The van der Waals surface area contributed by atoms with Crippen molar-refractivity contribution in [3.05, 3.63) is 112 Å². The molecule has 1 aliphatic rings. The van der Waals surface area contributed by atoms with Crippen LogP contribution in [0.15, 0.2) is 78.4 Å². The Bertz CT molecular complexity index is 990. The Morgan fingerprint density at radius 2 is 1.56 bits per heavy atom. The van der Waals surface area contributed by atoms with Crippen molar-refractivity contribution in [2.45, 2.75) is 5.92 Å². The predicted octanol–water partition coefficient (Wildman–Crippen LogP) is 5.38. The largest absolute Gasteiger partial charge is 0.289 e. The molecule has 0 saturated heterocycles. The van der Waals surface area contributed by atoms with Gasteiger partial charge in [-0.2, -0.15) is 0 Å². The van der Waals surface area contributed by atoms with Crippen LogP contribution in [0, 0.1) is 11.6 Å². The van der Waals surface area contributed by atoms with Crippen LogP contribution in [0.2, 0.25) is 0 Å². The standard InChI is InChI=1S/C22H14F2O/c23-16-10-11-20(24)15(12-16)13-19-21(14-6-2-1-3-7-14)17-8-4-5-9-18(17)22(19)25/h1-13,21H/b19-13-/t21-/m0/s1. The third-order valence-electron chi connectivity index (χ3n) is 4.49. The van der Waals surface area contributed by atoms with Crippen molar-refractivity contribution in [2.75, 3.05) is 0 Å². The Balaban J connectivity index is 1.93. The molecule has 1 aliphatic carbocycles. The monoisotopic (exact) mass is 332 g/mol. The quantitative estimate of drug-likeness (QED) is 0.576. The van der Waals surface area contributed by atoms with Crippen molar-refractivity contribution >= 4 is 11.9 Å². The van der Waals surface area contributed by atoms with Crippen molar-refractivity contribution in [3.63, 3.8) is 0 Å². The molecule has 0 heterocycles. The SMILES string of the molecule is O=C1/C(=C\c2cc(F)ccc2F)[C@@H](c2ccccc2)c2ccccc21. The summed E-state index contributed by atoms with van der Waals surface area (Å²) in [6.07, 6.45) is 1.47. The molecule has 3 heteroatoms. The van der Waals surface area contributed by atoms with E-state index in [4.69, 9.17) is 0 Å². The van der Waals surface area contributed by atoms with E-state index in [0.29, 0.717) is 11.1 Å². The molecule has 0 unspecified atom stereocenters. The van der Waals surface area contributed by atoms with Crippen molar-refractivity contribution in [2.24, 2.45) is 0 Å². The molecular formula is C22H14F2O. The number of ketones is 1. The molecule has 0 amide bonds. The molecular weight excluding hydrogens is 318 g/mol. The lowest BCUT2D eigenvalue weighted by atomic mass is 9.89. The molecule has 3 aromatic carbocycles. The highest BCUT2D eigenvalue weighted by Crippen LogP contribution is 2.42. The van der Waals surface area contributed by atoms with E-state index in [0.717, 1.165) is 29.3 Å². The van der Waals surface area contributed by atoms with E-state index in [2.05, 4.69) is 0 Å². The van der Waals surface area contributed by atoms with E-state index in [9.17, 15) is 13.6 Å². The van der Waals surface area contributed by atoms with Crippen LogP contribution in [0.1, 0.15) is 33.0 Å². The highest BCUT2D eigenvalue weighted by atomic mass is 19.1. The zero-order valence-electron chi connectivity index (χ0n) is 13.2. The molecule has 0 radical (unpaired) electrons. The molecule has 0 N–H and O–H groups in total.